The van der Waals surface area contributed by atoms with Crippen LogP contribution < -0.4 is 5.73 Å². The minimum Gasteiger partial charge on any atom is -0.368 e. The van der Waals surface area contributed by atoms with Gasteiger partial charge in [0.15, 0.2) is 0 Å². The molecule has 0 atom stereocenters. The number of hydrogen-bond acceptors (Lipinski definition) is 3. The molecule has 19 heavy (non-hydrogen) atoms. The van der Waals surface area contributed by atoms with Crippen LogP contribution in [0.1, 0.15) is 32.6 Å². The molecule has 0 spiro atoms. The Bertz CT molecular complexity index is 397. The predicted molar refractivity (Wildman–Crippen MR) is 68.9 cm³/mol. The summed E-state index contributed by atoms with van der Waals surface area (Å²) in [5, 5.41) is 0. The first-order valence-electron chi connectivity index (χ1n) is 6.64. The van der Waals surface area contributed by atoms with Crippen molar-refractivity contribution in [2.24, 2.45) is 11.1 Å². The number of carbonyl (C=O) groups excluding carboxylic acids is 3. The van der Waals surface area contributed by atoms with Crippen LogP contribution in [0, 0.1) is 5.41 Å². The molecule has 3 amide bonds. The summed E-state index contributed by atoms with van der Waals surface area (Å²) in [6.45, 7) is 1.34. The number of nitrogens with two attached hydrogens (primary N) is 1. The first-order chi connectivity index (χ1) is 8.80. The largest absolute Gasteiger partial charge is 0.368 e. The fourth-order valence-corrected chi connectivity index (χ4v) is 2.26. The third kappa shape index (κ3) is 2.31. The second kappa shape index (κ2) is 4.51. The number of carbonyl (C=O) groups is 3. The molecule has 2 rings (SSSR count). The van der Waals surface area contributed by atoms with Gasteiger partial charge >= 0.3 is 0 Å². The average molecular weight is 267 g/mol. The Balaban J connectivity index is 2.22. The van der Waals surface area contributed by atoms with Gasteiger partial charge in [-0.15, -0.1) is 0 Å². The lowest BCUT2D eigenvalue weighted by molar-refractivity contribution is -0.159. The summed E-state index contributed by atoms with van der Waals surface area (Å²) in [7, 11) is 3.26. The summed E-state index contributed by atoms with van der Waals surface area (Å²) in [6.07, 6.45) is 3.68. The summed E-state index contributed by atoms with van der Waals surface area (Å²) >= 11 is 0. The zero-order chi connectivity index (χ0) is 14.4. The van der Waals surface area contributed by atoms with E-state index in [9.17, 15) is 14.4 Å². The maximum absolute atomic E-state index is 12.5. The minimum absolute atomic E-state index is 0.144. The van der Waals surface area contributed by atoms with Crippen molar-refractivity contribution < 1.29 is 14.4 Å². The third-order valence-corrected chi connectivity index (χ3v) is 4.18. The molecule has 2 aliphatic carbocycles. The molecule has 0 bridgehead atoms. The maximum atomic E-state index is 12.5. The molecule has 6 nitrogen and oxygen atoms in total. The van der Waals surface area contributed by atoms with Gasteiger partial charge in [-0.05, 0) is 32.6 Å². The molecule has 0 heterocycles. The lowest BCUT2D eigenvalue weighted by Gasteiger charge is -2.32. The lowest BCUT2D eigenvalue weighted by atomic mass is 9.86. The van der Waals surface area contributed by atoms with E-state index in [0.717, 1.165) is 25.7 Å². The molecule has 0 aliphatic heterocycles. The van der Waals surface area contributed by atoms with Crippen LogP contribution in [-0.2, 0) is 14.4 Å². The molecule has 0 aromatic rings. The Kier molecular flexibility index (Phi) is 3.28. The van der Waals surface area contributed by atoms with Crippen molar-refractivity contribution in [1.82, 2.24) is 9.80 Å². The topological polar surface area (TPSA) is 83.7 Å². The molecule has 0 aromatic carbocycles. The van der Waals surface area contributed by atoms with Crippen molar-refractivity contribution >= 4 is 17.7 Å². The molecule has 2 fully saturated rings. The minimum atomic E-state index is -1.78. The van der Waals surface area contributed by atoms with Crippen molar-refractivity contribution in [3.63, 3.8) is 0 Å². The lowest BCUT2D eigenvalue weighted by Crippen LogP contribution is -2.57. The van der Waals surface area contributed by atoms with Crippen LogP contribution in [0.3, 0.4) is 0 Å². The molecule has 2 saturated carbocycles. The second-order valence-corrected chi connectivity index (χ2v) is 5.78. The summed E-state index contributed by atoms with van der Waals surface area (Å²) < 4.78 is 0. The molecule has 0 radical (unpaired) electrons. The highest BCUT2D eigenvalue weighted by atomic mass is 16.2. The molecule has 2 N–H and O–H groups in total. The molecule has 0 aromatic heterocycles. The van der Waals surface area contributed by atoms with E-state index in [1.54, 1.807) is 14.1 Å². The first kappa shape index (κ1) is 13.8. The van der Waals surface area contributed by atoms with E-state index in [4.69, 9.17) is 5.73 Å². The molecular weight excluding hydrogens is 246 g/mol. The summed E-state index contributed by atoms with van der Waals surface area (Å²) in [6, 6.07) is 0.287. The van der Waals surface area contributed by atoms with Crippen LogP contribution in [0.4, 0.5) is 0 Å². The van der Waals surface area contributed by atoms with Crippen LogP contribution in [0.15, 0.2) is 0 Å². The Morgan fingerprint density at radius 2 is 1.26 bits per heavy atom. The van der Waals surface area contributed by atoms with Gasteiger partial charge in [0.1, 0.15) is 0 Å². The van der Waals surface area contributed by atoms with Crippen LogP contribution in [-0.4, -0.2) is 53.7 Å². The maximum Gasteiger partial charge on any atom is 0.247 e. The van der Waals surface area contributed by atoms with Gasteiger partial charge in [0.25, 0.3) is 0 Å². The highest BCUT2D eigenvalue weighted by molar-refractivity contribution is 6.21. The standard InChI is InChI=1S/C13H21N3O3/c1-13(10(14)17,11(18)15(2)8-4-5-8)12(19)16(3)9-6-7-9/h8-9H,4-7H2,1-3H3,(H2,14,17). The van der Waals surface area contributed by atoms with Gasteiger partial charge in [0.2, 0.25) is 23.1 Å². The number of rotatable bonds is 5. The van der Waals surface area contributed by atoms with Crippen molar-refractivity contribution in [3.8, 4) is 0 Å². The fraction of sp³-hybridized carbons (Fsp3) is 0.769. The SMILES string of the molecule is CN(C(=O)C(C)(C(N)=O)C(=O)N(C)C1CC1)C1CC1. The Labute approximate surface area is 112 Å². The molecule has 6 heteroatoms. The van der Waals surface area contributed by atoms with Gasteiger partial charge in [-0.25, -0.2) is 0 Å². The molecule has 0 saturated heterocycles. The van der Waals surface area contributed by atoms with Gasteiger partial charge in [-0.1, -0.05) is 0 Å². The van der Waals surface area contributed by atoms with Crippen LogP contribution in [0.25, 0.3) is 0 Å². The average Bonchev–Trinajstić information content (AvgIpc) is 3.24. The molecule has 2 aliphatic rings. The number of primary amides is 1. The third-order valence-electron chi connectivity index (χ3n) is 4.18. The zero-order valence-corrected chi connectivity index (χ0v) is 11.7. The predicted octanol–water partition coefficient (Wildman–Crippen LogP) is -0.280. The van der Waals surface area contributed by atoms with Gasteiger partial charge in [0.05, 0.1) is 0 Å². The van der Waals surface area contributed by atoms with E-state index in [1.165, 1.54) is 16.7 Å². The van der Waals surface area contributed by atoms with E-state index in [1.807, 2.05) is 0 Å². The number of hydrogen-bond donors (Lipinski definition) is 1. The quantitative estimate of drug-likeness (QED) is 0.695. The number of nitrogens with zero attached hydrogens (tertiary/aromatic N) is 2. The van der Waals surface area contributed by atoms with Gasteiger partial charge in [0, 0.05) is 26.2 Å². The number of amides is 3. The normalized spacial score (nSPS) is 18.9. The highest BCUT2D eigenvalue weighted by Gasteiger charge is 2.53. The summed E-state index contributed by atoms with van der Waals surface area (Å²) in [5.41, 5.74) is 3.57. The van der Waals surface area contributed by atoms with Crippen molar-refractivity contribution in [2.75, 3.05) is 14.1 Å². The fourth-order valence-electron chi connectivity index (χ4n) is 2.26. The molecule has 0 unspecified atom stereocenters. The second-order valence-electron chi connectivity index (χ2n) is 5.78. The van der Waals surface area contributed by atoms with Crippen LogP contribution >= 0.6 is 0 Å². The van der Waals surface area contributed by atoms with Gasteiger partial charge < -0.3 is 15.5 Å². The van der Waals surface area contributed by atoms with Crippen LogP contribution in [0.5, 0.6) is 0 Å². The van der Waals surface area contributed by atoms with E-state index in [0.29, 0.717) is 0 Å². The van der Waals surface area contributed by atoms with Crippen molar-refractivity contribution in [3.05, 3.63) is 0 Å². The monoisotopic (exact) mass is 267 g/mol. The van der Waals surface area contributed by atoms with E-state index in [-0.39, 0.29) is 12.1 Å². The van der Waals surface area contributed by atoms with Crippen LogP contribution in [0.2, 0.25) is 0 Å². The Morgan fingerprint density at radius 1 is 0.947 bits per heavy atom. The van der Waals surface area contributed by atoms with Gasteiger partial charge in [-0.2, -0.15) is 0 Å². The van der Waals surface area contributed by atoms with Crippen molar-refractivity contribution in [2.45, 2.75) is 44.7 Å². The smallest absolute Gasteiger partial charge is 0.247 e. The summed E-state index contributed by atoms with van der Waals surface area (Å²) in [4.78, 5) is 39.6. The van der Waals surface area contributed by atoms with Gasteiger partial charge in [-0.3, -0.25) is 14.4 Å². The van der Waals surface area contributed by atoms with Crippen molar-refractivity contribution in [1.29, 1.82) is 0 Å². The highest BCUT2D eigenvalue weighted by Crippen LogP contribution is 2.34. The zero-order valence-electron chi connectivity index (χ0n) is 11.7. The molecule has 106 valence electrons. The summed E-state index contributed by atoms with van der Waals surface area (Å²) in [5.74, 6) is -1.84. The van der Waals surface area contributed by atoms with E-state index < -0.39 is 23.1 Å². The Hall–Kier alpha value is -1.59. The van der Waals surface area contributed by atoms with E-state index >= 15 is 0 Å². The van der Waals surface area contributed by atoms with E-state index in [2.05, 4.69) is 0 Å². The Morgan fingerprint density at radius 3 is 1.47 bits per heavy atom. The first-order valence-corrected chi connectivity index (χ1v) is 6.64. The molecular formula is C13H21N3O3.